The number of carbonyl (C=O) groups excluding carboxylic acids is 1. The molecular formula is C15H12ClFO3S. The summed E-state index contributed by atoms with van der Waals surface area (Å²) in [6, 6.07) is 9.75. The molecule has 6 heteroatoms. The lowest BCUT2D eigenvalue weighted by molar-refractivity contribution is 0.102. The summed E-state index contributed by atoms with van der Waals surface area (Å²) in [5.41, 5.74) is 1.19. The van der Waals surface area contributed by atoms with Crippen molar-refractivity contribution in [1.82, 2.24) is 0 Å². The predicted molar refractivity (Wildman–Crippen MR) is 79.0 cm³/mol. The summed E-state index contributed by atoms with van der Waals surface area (Å²) in [6.07, 6.45) is 0. The molecule has 0 N–H and O–H groups in total. The van der Waals surface area contributed by atoms with Crippen LogP contribution in [0.1, 0.15) is 15.9 Å². The first kappa shape index (κ1) is 15.7. The predicted octanol–water partition coefficient (Wildman–Crippen LogP) is 3.44. The van der Waals surface area contributed by atoms with Crippen molar-refractivity contribution in [2.75, 3.05) is 5.75 Å². The van der Waals surface area contributed by atoms with Gasteiger partial charge in [-0.2, -0.15) is 0 Å². The Kier molecular flexibility index (Phi) is 4.44. The van der Waals surface area contributed by atoms with Crippen molar-refractivity contribution in [2.45, 2.75) is 11.8 Å². The topological polar surface area (TPSA) is 51.2 Å². The third kappa shape index (κ3) is 3.68. The second kappa shape index (κ2) is 5.95. The molecule has 110 valence electrons. The minimum absolute atomic E-state index is 0.171. The standard InChI is InChI=1S/C15H12ClFO3S/c1-10-3-2-4-11(7-10)15(18)9-21(19,20)12-5-6-14(17)13(16)8-12/h2-8H,9H2,1H3. The van der Waals surface area contributed by atoms with Gasteiger partial charge in [0, 0.05) is 5.56 Å². The zero-order valence-electron chi connectivity index (χ0n) is 11.1. The number of hydrogen-bond acceptors (Lipinski definition) is 3. The van der Waals surface area contributed by atoms with Crippen molar-refractivity contribution in [3.63, 3.8) is 0 Å². The molecule has 0 fully saturated rings. The highest BCUT2D eigenvalue weighted by Gasteiger charge is 2.21. The molecule has 0 saturated heterocycles. The molecule has 2 aromatic rings. The molecule has 0 aliphatic carbocycles. The van der Waals surface area contributed by atoms with Gasteiger partial charge in [0.25, 0.3) is 0 Å². The molecule has 2 aromatic carbocycles. The van der Waals surface area contributed by atoms with E-state index in [9.17, 15) is 17.6 Å². The Balaban J connectivity index is 2.29. The Morgan fingerprint density at radius 3 is 2.52 bits per heavy atom. The van der Waals surface area contributed by atoms with Crippen molar-refractivity contribution < 1.29 is 17.6 Å². The van der Waals surface area contributed by atoms with E-state index in [2.05, 4.69) is 0 Å². The lowest BCUT2D eigenvalue weighted by Crippen LogP contribution is -2.16. The normalized spacial score (nSPS) is 11.4. The molecule has 0 spiro atoms. The molecule has 0 bridgehead atoms. The first-order valence-corrected chi connectivity index (χ1v) is 8.10. The molecule has 0 aliphatic heterocycles. The van der Waals surface area contributed by atoms with Gasteiger partial charge in [-0.1, -0.05) is 35.4 Å². The van der Waals surface area contributed by atoms with E-state index in [1.54, 1.807) is 18.2 Å². The van der Waals surface area contributed by atoms with E-state index in [4.69, 9.17) is 11.6 Å². The van der Waals surface area contributed by atoms with Crippen LogP contribution in [-0.2, 0) is 9.84 Å². The maximum atomic E-state index is 13.1. The minimum Gasteiger partial charge on any atom is -0.293 e. The quantitative estimate of drug-likeness (QED) is 0.639. The van der Waals surface area contributed by atoms with Gasteiger partial charge in [0.1, 0.15) is 11.6 Å². The van der Waals surface area contributed by atoms with E-state index in [-0.39, 0.29) is 9.92 Å². The fraction of sp³-hybridized carbons (Fsp3) is 0.133. The molecule has 3 nitrogen and oxygen atoms in total. The molecule has 0 heterocycles. The molecule has 0 unspecified atom stereocenters. The van der Waals surface area contributed by atoms with Gasteiger partial charge in [-0.15, -0.1) is 0 Å². The van der Waals surface area contributed by atoms with Crippen molar-refractivity contribution in [3.05, 3.63) is 64.4 Å². The lowest BCUT2D eigenvalue weighted by Gasteiger charge is -2.06. The van der Waals surface area contributed by atoms with Crippen molar-refractivity contribution in [3.8, 4) is 0 Å². The van der Waals surface area contributed by atoms with E-state index in [1.165, 1.54) is 0 Å². The second-order valence-electron chi connectivity index (χ2n) is 4.63. The number of halogens is 2. The first-order chi connectivity index (χ1) is 9.79. The number of benzene rings is 2. The van der Waals surface area contributed by atoms with Crippen LogP contribution >= 0.6 is 11.6 Å². The second-order valence-corrected chi connectivity index (χ2v) is 7.02. The van der Waals surface area contributed by atoms with Crippen molar-refractivity contribution in [1.29, 1.82) is 0 Å². The van der Waals surface area contributed by atoms with Crippen LogP contribution in [0.25, 0.3) is 0 Å². The van der Waals surface area contributed by atoms with Crippen LogP contribution in [0.5, 0.6) is 0 Å². The summed E-state index contributed by atoms with van der Waals surface area (Å²) in [5, 5.41) is -0.293. The molecule has 0 aromatic heterocycles. The fourth-order valence-corrected chi connectivity index (χ4v) is 3.32. The van der Waals surface area contributed by atoms with E-state index in [0.29, 0.717) is 5.56 Å². The van der Waals surface area contributed by atoms with Crippen LogP contribution in [0.15, 0.2) is 47.4 Å². The van der Waals surface area contributed by atoms with Gasteiger partial charge in [-0.25, -0.2) is 12.8 Å². The summed E-state index contributed by atoms with van der Waals surface area (Å²) in [5.74, 6) is -1.90. The summed E-state index contributed by atoms with van der Waals surface area (Å²) in [6.45, 7) is 1.81. The van der Waals surface area contributed by atoms with Gasteiger partial charge in [-0.3, -0.25) is 4.79 Å². The maximum absolute atomic E-state index is 13.1. The number of ketones is 1. The molecule has 0 radical (unpaired) electrons. The van der Waals surface area contributed by atoms with Crippen LogP contribution in [-0.4, -0.2) is 20.0 Å². The Hall–Kier alpha value is -1.72. The van der Waals surface area contributed by atoms with E-state index < -0.39 is 27.2 Å². The zero-order chi connectivity index (χ0) is 15.6. The van der Waals surface area contributed by atoms with Crippen LogP contribution in [0.4, 0.5) is 4.39 Å². The zero-order valence-corrected chi connectivity index (χ0v) is 12.7. The molecule has 21 heavy (non-hydrogen) atoms. The SMILES string of the molecule is Cc1cccc(C(=O)CS(=O)(=O)c2ccc(F)c(Cl)c2)c1. The Bertz CT molecular complexity index is 800. The van der Waals surface area contributed by atoms with Gasteiger partial charge < -0.3 is 0 Å². The smallest absolute Gasteiger partial charge is 0.185 e. The van der Waals surface area contributed by atoms with Crippen LogP contribution in [0, 0.1) is 12.7 Å². The highest BCUT2D eigenvalue weighted by atomic mass is 35.5. The average Bonchev–Trinajstić information content (AvgIpc) is 2.41. The van der Waals surface area contributed by atoms with Gasteiger partial charge >= 0.3 is 0 Å². The van der Waals surface area contributed by atoms with E-state index in [0.717, 1.165) is 23.8 Å². The fourth-order valence-electron chi connectivity index (χ4n) is 1.83. The number of Topliss-reactive ketones (excluding diaryl/α,β-unsaturated/α-hetero) is 1. The number of hydrogen-bond donors (Lipinski definition) is 0. The third-order valence-electron chi connectivity index (χ3n) is 2.91. The summed E-state index contributed by atoms with van der Waals surface area (Å²) in [4.78, 5) is 11.9. The number of rotatable bonds is 4. The maximum Gasteiger partial charge on any atom is 0.185 e. The lowest BCUT2D eigenvalue weighted by atomic mass is 10.1. The van der Waals surface area contributed by atoms with Crippen molar-refractivity contribution >= 4 is 27.2 Å². The van der Waals surface area contributed by atoms with Gasteiger partial charge in [0.05, 0.1) is 9.92 Å². The molecule has 2 rings (SSSR count). The Morgan fingerprint density at radius 1 is 1.19 bits per heavy atom. The highest BCUT2D eigenvalue weighted by molar-refractivity contribution is 7.92. The number of carbonyl (C=O) groups is 1. The van der Waals surface area contributed by atoms with Gasteiger partial charge in [0.15, 0.2) is 15.6 Å². The van der Waals surface area contributed by atoms with E-state index >= 15 is 0 Å². The first-order valence-electron chi connectivity index (χ1n) is 6.07. The molecule has 0 saturated carbocycles. The summed E-state index contributed by atoms with van der Waals surface area (Å²) < 4.78 is 37.4. The Labute approximate surface area is 127 Å². The number of sulfone groups is 1. The van der Waals surface area contributed by atoms with Crippen LogP contribution < -0.4 is 0 Å². The highest BCUT2D eigenvalue weighted by Crippen LogP contribution is 2.21. The summed E-state index contributed by atoms with van der Waals surface area (Å²) in [7, 11) is -3.86. The molecule has 0 aliphatic rings. The van der Waals surface area contributed by atoms with Crippen LogP contribution in [0.2, 0.25) is 5.02 Å². The Morgan fingerprint density at radius 2 is 1.90 bits per heavy atom. The largest absolute Gasteiger partial charge is 0.293 e. The van der Waals surface area contributed by atoms with E-state index in [1.807, 2.05) is 13.0 Å². The average molecular weight is 327 g/mol. The van der Waals surface area contributed by atoms with Gasteiger partial charge in [0.2, 0.25) is 0 Å². The third-order valence-corrected chi connectivity index (χ3v) is 4.82. The molecular weight excluding hydrogens is 315 g/mol. The van der Waals surface area contributed by atoms with Crippen molar-refractivity contribution in [2.24, 2.45) is 0 Å². The summed E-state index contributed by atoms with van der Waals surface area (Å²) >= 11 is 5.57. The molecule has 0 atom stereocenters. The molecule has 0 amide bonds. The van der Waals surface area contributed by atoms with Gasteiger partial charge in [-0.05, 0) is 31.2 Å². The number of aryl methyl sites for hydroxylation is 1. The van der Waals surface area contributed by atoms with Crippen LogP contribution in [0.3, 0.4) is 0 Å². The minimum atomic E-state index is -3.86. The monoisotopic (exact) mass is 326 g/mol.